The van der Waals surface area contributed by atoms with Crippen LogP contribution in [0.4, 0.5) is 5.82 Å². The molecule has 2 aromatic rings. The summed E-state index contributed by atoms with van der Waals surface area (Å²) in [6, 6.07) is 0. The van der Waals surface area contributed by atoms with Crippen molar-refractivity contribution < 1.29 is 4.79 Å². The maximum absolute atomic E-state index is 12.2. The molecule has 0 spiro atoms. The van der Waals surface area contributed by atoms with Gasteiger partial charge >= 0.3 is 0 Å². The van der Waals surface area contributed by atoms with E-state index in [1.807, 2.05) is 42.6 Å². The highest BCUT2D eigenvalue weighted by Crippen LogP contribution is 2.19. The van der Waals surface area contributed by atoms with Gasteiger partial charge in [-0.2, -0.15) is 0 Å². The lowest BCUT2D eigenvalue weighted by molar-refractivity contribution is -0.129. The van der Waals surface area contributed by atoms with E-state index in [1.165, 1.54) is 0 Å². The lowest BCUT2D eigenvalue weighted by atomic mass is 10.4. The first-order valence-corrected chi connectivity index (χ1v) is 7.34. The second-order valence-electron chi connectivity index (χ2n) is 4.47. The van der Waals surface area contributed by atoms with E-state index in [4.69, 9.17) is 0 Å². The Morgan fingerprint density at radius 2 is 2.10 bits per heavy atom. The SMILES string of the molecule is CCN(CC)C(=O)CN(C)c1nc(Br)cn2ccnc12. The van der Waals surface area contributed by atoms with Gasteiger partial charge < -0.3 is 14.2 Å². The van der Waals surface area contributed by atoms with Crippen LogP contribution in [0.3, 0.4) is 0 Å². The van der Waals surface area contributed by atoms with Crippen molar-refractivity contribution in [3.8, 4) is 0 Å². The number of nitrogens with zero attached hydrogens (tertiary/aromatic N) is 5. The number of likely N-dealkylation sites (N-methyl/N-ethyl adjacent to an activating group) is 2. The number of halogens is 1. The molecule has 0 aliphatic rings. The molecule has 2 heterocycles. The molecular formula is C13H18BrN5O. The minimum absolute atomic E-state index is 0.0870. The quantitative estimate of drug-likeness (QED) is 0.833. The highest BCUT2D eigenvalue weighted by Gasteiger charge is 2.16. The Morgan fingerprint density at radius 3 is 2.75 bits per heavy atom. The maximum Gasteiger partial charge on any atom is 0.242 e. The van der Waals surface area contributed by atoms with Crippen molar-refractivity contribution in [3.63, 3.8) is 0 Å². The average molecular weight is 340 g/mol. The van der Waals surface area contributed by atoms with Gasteiger partial charge in [0.1, 0.15) is 4.60 Å². The first-order valence-electron chi connectivity index (χ1n) is 6.55. The first-order chi connectivity index (χ1) is 9.56. The summed E-state index contributed by atoms with van der Waals surface area (Å²) in [5.74, 6) is 0.772. The molecular weight excluding hydrogens is 322 g/mol. The van der Waals surface area contributed by atoms with Crippen LogP contribution in [-0.4, -0.2) is 51.9 Å². The molecule has 7 heteroatoms. The molecule has 0 radical (unpaired) electrons. The monoisotopic (exact) mass is 339 g/mol. The van der Waals surface area contributed by atoms with Crippen LogP contribution >= 0.6 is 15.9 Å². The van der Waals surface area contributed by atoms with Crippen molar-refractivity contribution in [2.24, 2.45) is 0 Å². The Bertz CT molecular complexity index is 608. The zero-order chi connectivity index (χ0) is 14.7. The third-order valence-corrected chi connectivity index (χ3v) is 3.56. The topological polar surface area (TPSA) is 53.7 Å². The summed E-state index contributed by atoms with van der Waals surface area (Å²) in [5.41, 5.74) is 0.739. The molecule has 0 unspecified atom stereocenters. The van der Waals surface area contributed by atoms with Gasteiger partial charge in [-0.05, 0) is 29.8 Å². The van der Waals surface area contributed by atoms with Crippen LogP contribution in [0, 0.1) is 0 Å². The van der Waals surface area contributed by atoms with Crippen molar-refractivity contribution in [2.45, 2.75) is 13.8 Å². The van der Waals surface area contributed by atoms with E-state index in [0.29, 0.717) is 23.5 Å². The number of anilines is 1. The Kier molecular flexibility index (Phi) is 4.59. The molecule has 1 amide bonds. The van der Waals surface area contributed by atoms with E-state index in [-0.39, 0.29) is 12.5 Å². The van der Waals surface area contributed by atoms with Crippen molar-refractivity contribution in [3.05, 3.63) is 23.2 Å². The van der Waals surface area contributed by atoms with Gasteiger partial charge in [-0.1, -0.05) is 0 Å². The molecule has 0 saturated carbocycles. The Hall–Kier alpha value is -1.63. The molecule has 2 aromatic heterocycles. The van der Waals surface area contributed by atoms with Gasteiger partial charge in [0, 0.05) is 38.7 Å². The van der Waals surface area contributed by atoms with Gasteiger partial charge in [-0.3, -0.25) is 4.79 Å². The van der Waals surface area contributed by atoms with E-state index in [9.17, 15) is 4.79 Å². The van der Waals surface area contributed by atoms with Crippen LogP contribution in [-0.2, 0) is 4.79 Å². The Labute approximate surface area is 126 Å². The molecule has 108 valence electrons. The summed E-state index contributed by atoms with van der Waals surface area (Å²) >= 11 is 3.38. The van der Waals surface area contributed by atoms with Gasteiger partial charge in [0.05, 0.1) is 6.54 Å². The predicted octanol–water partition coefficient (Wildman–Crippen LogP) is 1.80. The fourth-order valence-corrected chi connectivity index (χ4v) is 2.48. The molecule has 0 saturated heterocycles. The molecule has 20 heavy (non-hydrogen) atoms. The predicted molar refractivity (Wildman–Crippen MR) is 81.9 cm³/mol. The van der Waals surface area contributed by atoms with Crippen LogP contribution in [0.25, 0.3) is 5.65 Å². The number of imidazole rings is 1. The van der Waals surface area contributed by atoms with Crippen LogP contribution in [0.2, 0.25) is 0 Å². The molecule has 2 rings (SSSR count). The maximum atomic E-state index is 12.2. The van der Waals surface area contributed by atoms with E-state index in [1.54, 1.807) is 11.1 Å². The second kappa shape index (κ2) is 6.21. The summed E-state index contributed by atoms with van der Waals surface area (Å²) < 4.78 is 2.59. The highest BCUT2D eigenvalue weighted by molar-refractivity contribution is 9.10. The van der Waals surface area contributed by atoms with Gasteiger partial charge in [-0.25, -0.2) is 9.97 Å². The average Bonchev–Trinajstić information content (AvgIpc) is 2.86. The minimum Gasteiger partial charge on any atom is -0.347 e. The molecule has 0 N–H and O–H groups in total. The van der Waals surface area contributed by atoms with Crippen molar-refractivity contribution >= 4 is 33.3 Å². The van der Waals surface area contributed by atoms with E-state index in [0.717, 1.165) is 5.65 Å². The largest absolute Gasteiger partial charge is 0.347 e. The summed E-state index contributed by atoms with van der Waals surface area (Å²) in [4.78, 5) is 24.5. The zero-order valence-corrected chi connectivity index (χ0v) is 13.5. The fourth-order valence-electron chi connectivity index (χ4n) is 2.10. The van der Waals surface area contributed by atoms with E-state index < -0.39 is 0 Å². The number of carbonyl (C=O) groups is 1. The first kappa shape index (κ1) is 14.8. The molecule has 0 atom stereocenters. The molecule has 0 bridgehead atoms. The fraction of sp³-hybridized carbons (Fsp3) is 0.462. The second-order valence-corrected chi connectivity index (χ2v) is 5.28. The van der Waals surface area contributed by atoms with Crippen LogP contribution in [0.5, 0.6) is 0 Å². The number of carbonyl (C=O) groups excluding carboxylic acids is 1. The summed E-state index contributed by atoms with van der Waals surface area (Å²) in [5, 5.41) is 0. The normalized spacial score (nSPS) is 10.8. The van der Waals surface area contributed by atoms with Gasteiger partial charge in [-0.15, -0.1) is 0 Å². The number of aromatic nitrogens is 3. The van der Waals surface area contributed by atoms with Gasteiger partial charge in [0.25, 0.3) is 0 Å². The number of fused-ring (bicyclic) bond motifs is 1. The van der Waals surface area contributed by atoms with E-state index in [2.05, 4.69) is 25.9 Å². The van der Waals surface area contributed by atoms with E-state index >= 15 is 0 Å². The Balaban J connectivity index is 2.25. The van der Waals surface area contributed by atoms with Gasteiger partial charge in [0.2, 0.25) is 5.91 Å². The number of rotatable bonds is 5. The molecule has 0 fully saturated rings. The van der Waals surface area contributed by atoms with Crippen LogP contribution in [0.1, 0.15) is 13.8 Å². The molecule has 6 nitrogen and oxygen atoms in total. The lowest BCUT2D eigenvalue weighted by Gasteiger charge is -2.24. The Morgan fingerprint density at radius 1 is 1.40 bits per heavy atom. The standard InChI is InChI=1S/C13H18BrN5O/c1-4-18(5-2)11(20)9-17(3)13-12-15-6-7-19(12)8-10(14)16-13/h6-8H,4-5,9H2,1-3H3. The third kappa shape index (κ3) is 2.92. The van der Waals surface area contributed by atoms with Crippen molar-refractivity contribution in [1.29, 1.82) is 0 Å². The number of hydrogen-bond acceptors (Lipinski definition) is 4. The summed E-state index contributed by atoms with van der Waals surface area (Å²) in [6.45, 7) is 5.67. The smallest absolute Gasteiger partial charge is 0.242 e. The van der Waals surface area contributed by atoms with Crippen LogP contribution < -0.4 is 4.90 Å². The number of amides is 1. The summed E-state index contributed by atoms with van der Waals surface area (Å²) in [6.07, 6.45) is 5.41. The van der Waals surface area contributed by atoms with Crippen molar-refractivity contribution in [1.82, 2.24) is 19.3 Å². The van der Waals surface area contributed by atoms with Crippen LogP contribution in [0.15, 0.2) is 23.2 Å². The van der Waals surface area contributed by atoms with Crippen molar-refractivity contribution in [2.75, 3.05) is 31.6 Å². The zero-order valence-electron chi connectivity index (χ0n) is 11.9. The highest BCUT2D eigenvalue weighted by atomic mass is 79.9. The van der Waals surface area contributed by atoms with Gasteiger partial charge in [0.15, 0.2) is 11.5 Å². The third-order valence-electron chi connectivity index (χ3n) is 3.18. The molecule has 0 aromatic carbocycles. The lowest BCUT2D eigenvalue weighted by Crippen LogP contribution is -2.39. The molecule has 0 aliphatic carbocycles. The minimum atomic E-state index is 0.0870. The summed E-state index contributed by atoms with van der Waals surface area (Å²) in [7, 11) is 1.85. The molecule has 0 aliphatic heterocycles. The number of hydrogen-bond donors (Lipinski definition) is 0.